The van der Waals surface area contributed by atoms with E-state index in [4.69, 9.17) is 4.74 Å². The highest BCUT2D eigenvalue weighted by Gasteiger charge is 2.30. The van der Waals surface area contributed by atoms with E-state index >= 15 is 0 Å². The van der Waals surface area contributed by atoms with Crippen LogP contribution in [0.25, 0.3) is 0 Å². The summed E-state index contributed by atoms with van der Waals surface area (Å²) < 4.78 is 5.23. The molecule has 4 heteroatoms. The Morgan fingerprint density at radius 1 is 1.38 bits per heavy atom. The maximum Gasteiger partial charge on any atom is 0.220 e. The molecule has 0 aliphatic carbocycles. The molecule has 2 rings (SSSR count). The summed E-state index contributed by atoms with van der Waals surface area (Å²) in [5, 5.41) is 13.2. The summed E-state index contributed by atoms with van der Waals surface area (Å²) in [5.74, 6) is 0.168. The molecule has 1 atom stereocenters. The number of aryl methyl sites for hydroxylation is 1. The van der Waals surface area contributed by atoms with Gasteiger partial charge in [0, 0.05) is 39.0 Å². The van der Waals surface area contributed by atoms with E-state index in [1.54, 1.807) is 0 Å². The molecule has 0 aromatic heterocycles. The Kier molecular flexibility index (Phi) is 5.37. The highest BCUT2D eigenvalue weighted by molar-refractivity contribution is 5.77. The minimum Gasteiger partial charge on any atom is -0.388 e. The van der Waals surface area contributed by atoms with Crippen LogP contribution in [-0.4, -0.2) is 36.4 Å². The number of hydrogen-bond donors (Lipinski definition) is 2. The van der Waals surface area contributed by atoms with E-state index in [0.717, 1.165) is 0 Å². The summed E-state index contributed by atoms with van der Waals surface area (Å²) in [4.78, 5) is 12.1. The van der Waals surface area contributed by atoms with Crippen LogP contribution in [0.1, 0.15) is 43.2 Å². The topological polar surface area (TPSA) is 58.6 Å². The van der Waals surface area contributed by atoms with Crippen LogP contribution in [0, 0.1) is 6.92 Å². The highest BCUT2D eigenvalue weighted by Crippen LogP contribution is 2.23. The van der Waals surface area contributed by atoms with E-state index in [0.29, 0.717) is 39.0 Å². The lowest BCUT2D eigenvalue weighted by Gasteiger charge is -2.32. The molecule has 1 aromatic carbocycles. The molecule has 2 N–H and O–H groups in total. The van der Waals surface area contributed by atoms with Crippen LogP contribution in [0.4, 0.5) is 0 Å². The summed E-state index contributed by atoms with van der Waals surface area (Å²) in [6.45, 7) is 5.56. The molecule has 1 fully saturated rings. The smallest absolute Gasteiger partial charge is 0.220 e. The van der Waals surface area contributed by atoms with Crippen LogP contribution in [0.3, 0.4) is 0 Å². The summed E-state index contributed by atoms with van der Waals surface area (Å²) in [6.07, 6.45) is 1.61. The Morgan fingerprint density at radius 3 is 2.71 bits per heavy atom. The predicted molar refractivity (Wildman–Crippen MR) is 82.2 cm³/mol. The lowest BCUT2D eigenvalue weighted by molar-refractivity contribution is -0.124. The van der Waals surface area contributed by atoms with Crippen LogP contribution in [0.5, 0.6) is 0 Å². The van der Waals surface area contributed by atoms with Gasteiger partial charge in [0.25, 0.3) is 0 Å². The fraction of sp³-hybridized carbons (Fsp3) is 0.588. The van der Waals surface area contributed by atoms with E-state index in [1.165, 1.54) is 11.1 Å². The monoisotopic (exact) mass is 291 g/mol. The zero-order valence-corrected chi connectivity index (χ0v) is 12.9. The second-order valence-electron chi connectivity index (χ2n) is 6.08. The van der Waals surface area contributed by atoms with Crippen LogP contribution >= 0.6 is 0 Å². The lowest BCUT2D eigenvalue weighted by Crippen LogP contribution is -2.46. The van der Waals surface area contributed by atoms with Crippen molar-refractivity contribution in [3.8, 4) is 0 Å². The fourth-order valence-corrected chi connectivity index (χ4v) is 2.79. The average Bonchev–Trinajstić information content (AvgIpc) is 2.46. The fourth-order valence-electron chi connectivity index (χ4n) is 2.79. The van der Waals surface area contributed by atoms with Gasteiger partial charge in [-0.3, -0.25) is 4.79 Å². The summed E-state index contributed by atoms with van der Waals surface area (Å²) in [5.41, 5.74) is 1.61. The summed E-state index contributed by atoms with van der Waals surface area (Å²) in [6, 6.07) is 8.14. The molecule has 1 aromatic rings. The number of ether oxygens (including phenoxy) is 1. The van der Waals surface area contributed by atoms with Crippen molar-refractivity contribution in [3.63, 3.8) is 0 Å². The van der Waals surface area contributed by atoms with E-state index in [9.17, 15) is 9.90 Å². The van der Waals surface area contributed by atoms with Crippen LogP contribution in [0.2, 0.25) is 0 Å². The van der Waals surface area contributed by atoms with Gasteiger partial charge in [-0.05, 0) is 24.0 Å². The van der Waals surface area contributed by atoms with Gasteiger partial charge in [-0.2, -0.15) is 0 Å². The molecule has 1 heterocycles. The Hall–Kier alpha value is -1.39. The third kappa shape index (κ3) is 4.55. The van der Waals surface area contributed by atoms with Crippen molar-refractivity contribution < 1.29 is 14.6 Å². The Morgan fingerprint density at radius 2 is 2.05 bits per heavy atom. The lowest BCUT2D eigenvalue weighted by atomic mass is 9.92. The van der Waals surface area contributed by atoms with Gasteiger partial charge in [-0.1, -0.05) is 31.2 Å². The zero-order chi connectivity index (χ0) is 15.3. The highest BCUT2D eigenvalue weighted by atomic mass is 16.5. The number of rotatable bonds is 5. The summed E-state index contributed by atoms with van der Waals surface area (Å²) >= 11 is 0. The van der Waals surface area contributed by atoms with Crippen molar-refractivity contribution in [1.29, 1.82) is 0 Å². The minimum atomic E-state index is -0.806. The van der Waals surface area contributed by atoms with Gasteiger partial charge in [0.2, 0.25) is 5.91 Å². The zero-order valence-electron chi connectivity index (χ0n) is 12.9. The second kappa shape index (κ2) is 7.05. The molecule has 1 aliphatic rings. The second-order valence-corrected chi connectivity index (χ2v) is 6.08. The molecular weight excluding hydrogens is 266 g/mol. The normalized spacial score (nSPS) is 19.0. The van der Waals surface area contributed by atoms with Crippen LogP contribution in [-0.2, 0) is 9.53 Å². The predicted octanol–water partition coefficient (Wildman–Crippen LogP) is 2.15. The van der Waals surface area contributed by atoms with Crippen molar-refractivity contribution in [2.24, 2.45) is 0 Å². The van der Waals surface area contributed by atoms with Crippen molar-refractivity contribution in [2.75, 3.05) is 19.8 Å². The van der Waals surface area contributed by atoms with Crippen molar-refractivity contribution in [2.45, 2.75) is 44.6 Å². The quantitative estimate of drug-likeness (QED) is 0.874. The number of carbonyl (C=O) groups excluding carboxylic acids is 1. The van der Waals surface area contributed by atoms with E-state index in [1.807, 2.05) is 12.1 Å². The van der Waals surface area contributed by atoms with Gasteiger partial charge in [0.15, 0.2) is 0 Å². The SMILES string of the molecule is Cc1ccccc1C(C)CC(=O)NCC1(O)CCOCC1. The maximum atomic E-state index is 12.1. The van der Waals surface area contributed by atoms with Gasteiger partial charge < -0.3 is 15.2 Å². The summed E-state index contributed by atoms with van der Waals surface area (Å²) in [7, 11) is 0. The molecule has 1 aliphatic heterocycles. The third-order valence-corrected chi connectivity index (χ3v) is 4.25. The molecule has 1 saturated heterocycles. The van der Waals surface area contributed by atoms with Gasteiger partial charge in [-0.15, -0.1) is 0 Å². The maximum absolute atomic E-state index is 12.1. The molecule has 116 valence electrons. The number of nitrogens with one attached hydrogen (secondary N) is 1. The molecule has 0 saturated carbocycles. The first-order valence-corrected chi connectivity index (χ1v) is 7.62. The van der Waals surface area contributed by atoms with Gasteiger partial charge in [-0.25, -0.2) is 0 Å². The Balaban J connectivity index is 1.83. The molecule has 0 spiro atoms. The first-order valence-electron chi connectivity index (χ1n) is 7.62. The first kappa shape index (κ1) is 16.0. The van der Waals surface area contributed by atoms with E-state index < -0.39 is 5.60 Å². The number of benzene rings is 1. The molecule has 1 amide bonds. The van der Waals surface area contributed by atoms with E-state index in [2.05, 4.69) is 31.3 Å². The largest absolute Gasteiger partial charge is 0.388 e. The standard InChI is InChI=1S/C17H25NO3/c1-13-5-3-4-6-15(13)14(2)11-16(19)18-12-17(20)7-9-21-10-8-17/h3-6,14,20H,7-12H2,1-2H3,(H,18,19). The van der Waals surface area contributed by atoms with Crippen molar-refractivity contribution in [1.82, 2.24) is 5.32 Å². The number of amides is 1. The number of carbonyl (C=O) groups is 1. The molecule has 0 radical (unpaired) electrons. The Bertz CT molecular complexity index is 481. The average molecular weight is 291 g/mol. The molecule has 0 bridgehead atoms. The molecule has 21 heavy (non-hydrogen) atoms. The number of aliphatic hydroxyl groups is 1. The van der Waals surface area contributed by atoms with Crippen LogP contribution < -0.4 is 5.32 Å². The van der Waals surface area contributed by atoms with Crippen LogP contribution in [0.15, 0.2) is 24.3 Å². The van der Waals surface area contributed by atoms with Gasteiger partial charge in [0.05, 0.1) is 5.60 Å². The van der Waals surface area contributed by atoms with Gasteiger partial charge >= 0.3 is 0 Å². The molecule has 1 unspecified atom stereocenters. The van der Waals surface area contributed by atoms with Crippen molar-refractivity contribution in [3.05, 3.63) is 35.4 Å². The number of hydrogen-bond acceptors (Lipinski definition) is 3. The van der Waals surface area contributed by atoms with Crippen molar-refractivity contribution >= 4 is 5.91 Å². The first-order chi connectivity index (χ1) is 10.0. The molecule has 4 nitrogen and oxygen atoms in total. The molecular formula is C17H25NO3. The Labute approximate surface area is 126 Å². The van der Waals surface area contributed by atoms with Gasteiger partial charge in [0.1, 0.15) is 0 Å². The third-order valence-electron chi connectivity index (χ3n) is 4.25. The minimum absolute atomic E-state index is 0.00864. The van der Waals surface area contributed by atoms with E-state index in [-0.39, 0.29) is 11.8 Å².